The molecule has 0 aromatic carbocycles. The van der Waals surface area contributed by atoms with Gasteiger partial charge in [0.05, 0.1) is 12.3 Å². The second-order valence-electron chi connectivity index (χ2n) is 2.85. The molecule has 0 radical (unpaired) electrons. The van der Waals surface area contributed by atoms with Crippen molar-refractivity contribution in [2.75, 3.05) is 7.11 Å². The smallest absolute Gasteiger partial charge is 0.119 e. The Morgan fingerprint density at radius 3 is 3.08 bits per heavy atom. The number of nitrogens with two attached hydrogens (primary N) is 1. The Bertz CT molecular complexity index is 235. The van der Waals surface area contributed by atoms with Gasteiger partial charge in [0, 0.05) is 25.0 Å². The first-order valence-corrected chi connectivity index (χ1v) is 4.78. The van der Waals surface area contributed by atoms with Gasteiger partial charge in [-0.3, -0.25) is 0 Å². The molecule has 68 valence electrons. The van der Waals surface area contributed by atoms with Crippen LogP contribution in [0.5, 0.6) is 0 Å². The van der Waals surface area contributed by atoms with Crippen LogP contribution in [0.3, 0.4) is 0 Å². The van der Waals surface area contributed by atoms with Crippen LogP contribution in [0.1, 0.15) is 17.6 Å². The van der Waals surface area contributed by atoms with E-state index in [2.05, 4.69) is 4.98 Å². The average molecular weight is 186 g/mol. The van der Waals surface area contributed by atoms with Gasteiger partial charge < -0.3 is 10.5 Å². The van der Waals surface area contributed by atoms with Crippen molar-refractivity contribution in [2.24, 2.45) is 5.73 Å². The molecule has 0 amide bonds. The first kappa shape index (κ1) is 9.64. The van der Waals surface area contributed by atoms with Crippen LogP contribution in [-0.2, 0) is 17.8 Å². The molecule has 0 fully saturated rings. The van der Waals surface area contributed by atoms with Crippen LogP contribution in [0, 0.1) is 0 Å². The van der Waals surface area contributed by atoms with E-state index in [1.165, 1.54) is 0 Å². The van der Waals surface area contributed by atoms with E-state index in [-0.39, 0.29) is 6.04 Å². The summed E-state index contributed by atoms with van der Waals surface area (Å²) in [6.45, 7) is 2.58. The quantitative estimate of drug-likeness (QED) is 0.768. The summed E-state index contributed by atoms with van der Waals surface area (Å²) in [5.41, 5.74) is 6.71. The van der Waals surface area contributed by atoms with Crippen molar-refractivity contribution >= 4 is 11.3 Å². The Balaban J connectivity index is 2.52. The maximum atomic E-state index is 5.64. The summed E-state index contributed by atoms with van der Waals surface area (Å²) in [5, 5.41) is 3.06. The Morgan fingerprint density at radius 2 is 2.50 bits per heavy atom. The van der Waals surface area contributed by atoms with Crippen LogP contribution in [0.15, 0.2) is 5.38 Å². The summed E-state index contributed by atoms with van der Waals surface area (Å²) >= 11 is 1.62. The predicted octanol–water partition coefficient (Wildman–Crippen LogP) is 1.18. The minimum atomic E-state index is 0.183. The molecular formula is C8H14N2OS. The van der Waals surface area contributed by atoms with Crippen molar-refractivity contribution in [3.8, 4) is 0 Å². The standard InChI is InChI=1S/C8H14N2OS/c1-6(9)3-7-5-12-8(10-7)4-11-2/h5-6H,3-4,9H2,1-2H3. The molecule has 0 aliphatic heterocycles. The van der Waals surface area contributed by atoms with Crippen molar-refractivity contribution in [1.29, 1.82) is 0 Å². The zero-order chi connectivity index (χ0) is 8.97. The second-order valence-corrected chi connectivity index (χ2v) is 3.79. The van der Waals surface area contributed by atoms with Crippen molar-refractivity contribution in [3.05, 3.63) is 16.1 Å². The first-order valence-electron chi connectivity index (χ1n) is 3.90. The Morgan fingerprint density at radius 1 is 1.75 bits per heavy atom. The minimum Gasteiger partial charge on any atom is -0.378 e. The highest BCUT2D eigenvalue weighted by atomic mass is 32.1. The molecule has 0 saturated heterocycles. The fourth-order valence-corrected chi connectivity index (χ4v) is 1.74. The summed E-state index contributed by atoms with van der Waals surface area (Å²) in [4.78, 5) is 4.35. The second kappa shape index (κ2) is 4.54. The van der Waals surface area contributed by atoms with Gasteiger partial charge >= 0.3 is 0 Å². The zero-order valence-corrected chi connectivity index (χ0v) is 8.23. The number of hydrogen-bond acceptors (Lipinski definition) is 4. The molecule has 1 rings (SSSR count). The zero-order valence-electron chi connectivity index (χ0n) is 7.41. The van der Waals surface area contributed by atoms with Gasteiger partial charge in [-0.1, -0.05) is 0 Å². The molecule has 0 saturated carbocycles. The lowest BCUT2D eigenvalue weighted by atomic mass is 10.2. The summed E-state index contributed by atoms with van der Waals surface area (Å²) in [6.07, 6.45) is 0.847. The monoisotopic (exact) mass is 186 g/mol. The first-order chi connectivity index (χ1) is 5.72. The fourth-order valence-electron chi connectivity index (χ4n) is 0.962. The number of rotatable bonds is 4. The summed E-state index contributed by atoms with van der Waals surface area (Å²) in [5.74, 6) is 0. The number of ether oxygens (including phenoxy) is 1. The molecule has 0 spiro atoms. The molecule has 0 aliphatic rings. The molecule has 1 aromatic heterocycles. The number of aromatic nitrogens is 1. The molecule has 1 atom stereocenters. The van der Waals surface area contributed by atoms with Crippen LogP contribution in [0.4, 0.5) is 0 Å². The van der Waals surface area contributed by atoms with Gasteiger partial charge in [-0.25, -0.2) is 4.98 Å². The molecule has 0 aliphatic carbocycles. The van der Waals surface area contributed by atoms with Crippen molar-refractivity contribution < 1.29 is 4.74 Å². The van der Waals surface area contributed by atoms with Crippen molar-refractivity contribution in [1.82, 2.24) is 4.98 Å². The molecule has 1 aromatic rings. The average Bonchev–Trinajstić information content (AvgIpc) is 2.36. The van der Waals surface area contributed by atoms with E-state index in [4.69, 9.17) is 10.5 Å². The lowest BCUT2D eigenvalue weighted by molar-refractivity contribution is 0.184. The van der Waals surface area contributed by atoms with Gasteiger partial charge in [-0.05, 0) is 6.92 Å². The third kappa shape index (κ3) is 2.89. The highest BCUT2D eigenvalue weighted by molar-refractivity contribution is 7.09. The topological polar surface area (TPSA) is 48.1 Å². The SMILES string of the molecule is COCc1nc(CC(C)N)cs1. The summed E-state index contributed by atoms with van der Waals surface area (Å²) < 4.78 is 4.96. The Hall–Kier alpha value is -0.450. The van der Waals surface area contributed by atoms with Gasteiger partial charge in [0.15, 0.2) is 0 Å². The van der Waals surface area contributed by atoms with Crippen LogP contribution in [0.25, 0.3) is 0 Å². The lowest BCUT2D eigenvalue weighted by Gasteiger charge is -1.99. The normalized spacial score (nSPS) is 13.2. The predicted molar refractivity (Wildman–Crippen MR) is 50.2 cm³/mol. The van der Waals surface area contributed by atoms with Crippen molar-refractivity contribution in [2.45, 2.75) is 26.0 Å². The third-order valence-electron chi connectivity index (χ3n) is 1.40. The van der Waals surface area contributed by atoms with Crippen molar-refractivity contribution in [3.63, 3.8) is 0 Å². The van der Waals surface area contributed by atoms with Gasteiger partial charge in [0.2, 0.25) is 0 Å². The number of thiazole rings is 1. The van der Waals surface area contributed by atoms with Crippen LogP contribution in [0.2, 0.25) is 0 Å². The highest BCUT2D eigenvalue weighted by Crippen LogP contribution is 2.11. The molecule has 1 heterocycles. The molecule has 1 unspecified atom stereocenters. The molecule has 2 N–H and O–H groups in total. The van der Waals surface area contributed by atoms with E-state index in [1.807, 2.05) is 12.3 Å². The molecule has 0 bridgehead atoms. The highest BCUT2D eigenvalue weighted by Gasteiger charge is 2.03. The number of nitrogens with zero attached hydrogens (tertiary/aromatic N) is 1. The van der Waals surface area contributed by atoms with Gasteiger partial charge in [0.25, 0.3) is 0 Å². The van der Waals surface area contributed by atoms with Crippen LogP contribution < -0.4 is 5.73 Å². The van der Waals surface area contributed by atoms with E-state index in [0.29, 0.717) is 6.61 Å². The van der Waals surface area contributed by atoms with E-state index in [0.717, 1.165) is 17.1 Å². The van der Waals surface area contributed by atoms with Gasteiger partial charge in [0.1, 0.15) is 5.01 Å². The van der Waals surface area contributed by atoms with E-state index < -0.39 is 0 Å². The molecule has 12 heavy (non-hydrogen) atoms. The maximum Gasteiger partial charge on any atom is 0.119 e. The number of hydrogen-bond donors (Lipinski definition) is 1. The number of methoxy groups -OCH3 is 1. The molecule has 3 nitrogen and oxygen atoms in total. The largest absolute Gasteiger partial charge is 0.378 e. The van der Waals surface area contributed by atoms with Gasteiger partial charge in [-0.15, -0.1) is 11.3 Å². The van der Waals surface area contributed by atoms with Crippen LogP contribution >= 0.6 is 11.3 Å². The molecular weight excluding hydrogens is 172 g/mol. The Labute approximate surface area is 76.6 Å². The minimum absolute atomic E-state index is 0.183. The van der Waals surface area contributed by atoms with E-state index >= 15 is 0 Å². The summed E-state index contributed by atoms with van der Waals surface area (Å²) in [7, 11) is 1.67. The fraction of sp³-hybridized carbons (Fsp3) is 0.625. The maximum absolute atomic E-state index is 5.64. The van der Waals surface area contributed by atoms with Gasteiger partial charge in [-0.2, -0.15) is 0 Å². The van der Waals surface area contributed by atoms with E-state index in [9.17, 15) is 0 Å². The summed E-state index contributed by atoms with van der Waals surface area (Å²) in [6, 6.07) is 0.183. The lowest BCUT2D eigenvalue weighted by Crippen LogP contribution is -2.17. The molecule has 4 heteroatoms. The Kier molecular flexibility index (Phi) is 3.65. The third-order valence-corrected chi connectivity index (χ3v) is 2.27. The van der Waals surface area contributed by atoms with E-state index in [1.54, 1.807) is 18.4 Å². The van der Waals surface area contributed by atoms with Crippen LogP contribution in [-0.4, -0.2) is 18.1 Å².